The molecule has 0 saturated carbocycles. The summed E-state index contributed by atoms with van der Waals surface area (Å²) in [7, 11) is 0. The Kier molecular flexibility index (Phi) is 7.36. The molecule has 0 aliphatic carbocycles. The maximum absolute atomic E-state index is 10.5. The number of aliphatic hydroxyl groups excluding tert-OH is 1. The number of hydroxylamine groups is 1. The zero-order valence-electron chi connectivity index (χ0n) is 20.7. The third kappa shape index (κ3) is 5.85. The number of aliphatic hydroxyl groups is 1. The summed E-state index contributed by atoms with van der Waals surface area (Å²) in [6, 6.07) is 12.3. The Morgan fingerprint density at radius 2 is 1.86 bits per heavy atom. The van der Waals surface area contributed by atoms with E-state index in [2.05, 4.69) is 58.4 Å². The molecule has 0 amide bonds. The SMILES string of the molecule is Cc1nc2cc(OC[C@H](O)CN3CCN(CC4=CC(c5c(C)cccc5C)ON4)CC3)ccc2s1. The number of hydrogen-bond donors (Lipinski definition) is 2. The maximum atomic E-state index is 10.5. The number of nitrogens with one attached hydrogen (secondary N) is 1. The molecular weight excluding hydrogens is 460 g/mol. The summed E-state index contributed by atoms with van der Waals surface area (Å²) >= 11 is 1.68. The van der Waals surface area contributed by atoms with E-state index in [-0.39, 0.29) is 12.7 Å². The van der Waals surface area contributed by atoms with E-state index in [0.29, 0.717) is 6.54 Å². The molecule has 5 rings (SSSR count). The Hall–Kier alpha value is -2.49. The summed E-state index contributed by atoms with van der Waals surface area (Å²) in [5.74, 6) is 0.755. The van der Waals surface area contributed by atoms with Crippen LogP contribution < -0.4 is 10.2 Å². The predicted molar refractivity (Wildman–Crippen MR) is 140 cm³/mol. The number of hydrogen-bond acceptors (Lipinski definition) is 8. The Labute approximate surface area is 210 Å². The number of benzene rings is 2. The smallest absolute Gasteiger partial charge is 0.131 e. The highest BCUT2D eigenvalue weighted by atomic mass is 32.1. The van der Waals surface area contributed by atoms with Gasteiger partial charge in [0.15, 0.2) is 0 Å². The van der Waals surface area contributed by atoms with Gasteiger partial charge in [-0.05, 0) is 55.7 Å². The third-order valence-electron chi connectivity index (χ3n) is 6.73. The van der Waals surface area contributed by atoms with Crippen molar-refractivity contribution in [3.63, 3.8) is 0 Å². The standard InChI is InChI=1S/C27H34N4O3S/c1-18-5-4-6-19(2)27(18)25-13-21(29-34-25)15-30-9-11-31(12-10-30)16-22(32)17-33-23-7-8-26-24(14-23)28-20(3)35-26/h4-8,13-14,22,25,29,32H,9-12,15-17H2,1-3H3/t22-,25?/m1/s1. The van der Waals surface area contributed by atoms with E-state index in [1.807, 2.05) is 25.1 Å². The van der Waals surface area contributed by atoms with Gasteiger partial charge < -0.3 is 9.84 Å². The first-order valence-corrected chi connectivity index (χ1v) is 13.1. The van der Waals surface area contributed by atoms with Crippen molar-refractivity contribution in [3.05, 3.63) is 69.9 Å². The van der Waals surface area contributed by atoms with Gasteiger partial charge >= 0.3 is 0 Å². The van der Waals surface area contributed by atoms with Crippen molar-refractivity contribution in [1.82, 2.24) is 20.3 Å². The molecule has 1 saturated heterocycles. The molecule has 0 bridgehead atoms. The minimum Gasteiger partial charge on any atom is -0.491 e. The van der Waals surface area contributed by atoms with Gasteiger partial charge in [-0.25, -0.2) is 4.98 Å². The monoisotopic (exact) mass is 494 g/mol. The fraction of sp³-hybridized carbons (Fsp3) is 0.444. The van der Waals surface area contributed by atoms with E-state index in [1.54, 1.807) is 11.3 Å². The first-order valence-electron chi connectivity index (χ1n) is 12.3. The van der Waals surface area contributed by atoms with E-state index in [0.717, 1.165) is 59.4 Å². The molecule has 2 N–H and O–H groups in total. The van der Waals surface area contributed by atoms with Gasteiger partial charge in [-0.3, -0.25) is 20.1 Å². The number of thiazole rings is 1. The van der Waals surface area contributed by atoms with Crippen LogP contribution in [0.15, 0.2) is 48.2 Å². The minimum absolute atomic E-state index is 0.0390. The van der Waals surface area contributed by atoms with Crippen LogP contribution in [0.1, 0.15) is 27.8 Å². The second-order valence-corrected chi connectivity index (χ2v) is 10.8. The summed E-state index contributed by atoms with van der Waals surface area (Å²) in [5, 5.41) is 11.6. The summed E-state index contributed by atoms with van der Waals surface area (Å²) in [6.07, 6.45) is 1.63. The molecule has 1 aromatic heterocycles. The van der Waals surface area contributed by atoms with Crippen molar-refractivity contribution in [2.75, 3.05) is 45.9 Å². The molecule has 2 aromatic carbocycles. The molecule has 35 heavy (non-hydrogen) atoms. The van der Waals surface area contributed by atoms with Crippen LogP contribution in [-0.2, 0) is 4.84 Å². The Bertz CT molecular complexity index is 1180. The average Bonchev–Trinajstić information content (AvgIpc) is 3.44. The lowest BCUT2D eigenvalue weighted by molar-refractivity contribution is 0.0323. The number of nitrogens with zero attached hydrogens (tertiary/aromatic N) is 3. The van der Waals surface area contributed by atoms with E-state index < -0.39 is 6.10 Å². The summed E-state index contributed by atoms with van der Waals surface area (Å²) < 4.78 is 7.00. The van der Waals surface area contributed by atoms with E-state index in [4.69, 9.17) is 9.57 Å². The van der Waals surface area contributed by atoms with E-state index in [1.165, 1.54) is 16.7 Å². The van der Waals surface area contributed by atoms with Gasteiger partial charge in [0, 0.05) is 45.3 Å². The van der Waals surface area contributed by atoms with Crippen LogP contribution in [0.2, 0.25) is 0 Å². The van der Waals surface area contributed by atoms with E-state index in [9.17, 15) is 5.11 Å². The highest BCUT2D eigenvalue weighted by molar-refractivity contribution is 7.18. The second kappa shape index (κ2) is 10.6. The first-order chi connectivity index (χ1) is 16.9. The molecule has 0 spiro atoms. The highest BCUT2D eigenvalue weighted by Crippen LogP contribution is 2.30. The van der Waals surface area contributed by atoms with Gasteiger partial charge in [-0.15, -0.1) is 11.3 Å². The lowest BCUT2D eigenvalue weighted by Crippen LogP contribution is -2.49. The Balaban J connectivity index is 1.06. The lowest BCUT2D eigenvalue weighted by atomic mass is 9.97. The number of aryl methyl sites for hydroxylation is 3. The van der Waals surface area contributed by atoms with Crippen molar-refractivity contribution in [2.24, 2.45) is 0 Å². The van der Waals surface area contributed by atoms with E-state index >= 15 is 0 Å². The molecule has 2 aliphatic heterocycles. The largest absolute Gasteiger partial charge is 0.491 e. The van der Waals surface area contributed by atoms with Crippen molar-refractivity contribution in [3.8, 4) is 5.75 Å². The van der Waals surface area contributed by atoms with Gasteiger partial charge in [0.25, 0.3) is 0 Å². The Morgan fingerprint density at radius 1 is 1.11 bits per heavy atom. The third-order valence-corrected chi connectivity index (χ3v) is 7.68. The molecule has 0 radical (unpaired) electrons. The summed E-state index contributed by atoms with van der Waals surface area (Å²) in [5.41, 5.74) is 8.97. The highest BCUT2D eigenvalue weighted by Gasteiger charge is 2.25. The molecule has 2 atom stereocenters. The normalized spacial score (nSPS) is 20.1. The fourth-order valence-corrected chi connectivity index (χ4v) is 5.73. The van der Waals surface area contributed by atoms with Gasteiger partial charge in [-0.2, -0.15) is 0 Å². The first kappa shape index (κ1) is 24.2. The molecule has 1 fully saturated rings. The quantitative estimate of drug-likeness (QED) is 0.494. The van der Waals surface area contributed by atoms with Crippen molar-refractivity contribution >= 4 is 21.6 Å². The van der Waals surface area contributed by atoms with Crippen LogP contribution >= 0.6 is 11.3 Å². The molecular formula is C27H34N4O3S. The molecule has 186 valence electrons. The van der Waals surface area contributed by atoms with Gasteiger partial charge in [-0.1, -0.05) is 18.2 Å². The number of aromatic nitrogens is 1. The van der Waals surface area contributed by atoms with Crippen molar-refractivity contribution in [1.29, 1.82) is 0 Å². The van der Waals surface area contributed by atoms with Gasteiger partial charge in [0.2, 0.25) is 0 Å². The molecule has 1 unspecified atom stereocenters. The van der Waals surface area contributed by atoms with Crippen LogP contribution in [0.4, 0.5) is 0 Å². The van der Waals surface area contributed by atoms with Crippen molar-refractivity contribution < 1.29 is 14.7 Å². The summed E-state index contributed by atoms with van der Waals surface area (Å²) in [6.45, 7) is 11.8. The topological polar surface area (TPSA) is 70.1 Å². The van der Waals surface area contributed by atoms with Gasteiger partial charge in [0.05, 0.1) is 20.9 Å². The number of rotatable bonds is 8. The van der Waals surface area contributed by atoms with Crippen LogP contribution in [0.25, 0.3) is 10.2 Å². The molecule has 3 heterocycles. The minimum atomic E-state index is -0.528. The van der Waals surface area contributed by atoms with Crippen LogP contribution in [0.3, 0.4) is 0 Å². The zero-order valence-corrected chi connectivity index (χ0v) is 21.5. The van der Waals surface area contributed by atoms with Crippen LogP contribution in [-0.4, -0.2) is 71.9 Å². The van der Waals surface area contributed by atoms with Crippen LogP contribution in [0, 0.1) is 20.8 Å². The maximum Gasteiger partial charge on any atom is 0.131 e. The number of fused-ring (bicyclic) bond motifs is 1. The average molecular weight is 495 g/mol. The second-order valence-electron chi connectivity index (χ2n) is 9.54. The number of ether oxygens (including phenoxy) is 1. The van der Waals surface area contributed by atoms with Crippen LogP contribution in [0.5, 0.6) is 5.75 Å². The number of piperazine rings is 1. The predicted octanol–water partition coefficient (Wildman–Crippen LogP) is 3.74. The fourth-order valence-electron chi connectivity index (χ4n) is 4.92. The molecule has 3 aromatic rings. The zero-order chi connectivity index (χ0) is 24.4. The summed E-state index contributed by atoms with van der Waals surface area (Å²) in [4.78, 5) is 15.1. The molecule has 2 aliphatic rings. The Morgan fingerprint density at radius 3 is 2.63 bits per heavy atom. The van der Waals surface area contributed by atoms with Crippen molar-refractivity contribution in [2.45, 2.75) is 33.0 Å². The molecule has 8 heteroatoms. The van der Waals surface area contributed by atoms with Gasteiger partial charge in [0.1, 0.15) is 24.6 Å². The lowest BCUT2D eigenvalue weighted by Gasteiger charge is -2.35. The number of β-amino-alcohol motifs (C(OH)–C–C–N with tert-alkyl or cyclic N) is 1. The molecule has 7 nitrogen and oxygen atoms in total.